The lowest BCUT2D eigenvalue weighted by Crippen LogP contribution is -2.30. The molecule has 0 fully saturated rings. The van der Waals surface area contributed by atoms with Gasteiger partial charge in [0.1, 0.15) is 11.6 Å². The number of para-hydroxylation sites is 1. The Morgan fingerprint density at radius 3 is 2.57 bits per heavy atom. The molecule has 0 spiro atoms. The minimum absolute atomic E-state index is 0.120. The van der Waals surface area contributed by atoms with Crippen molar-refractivity contribution in [1.29, 1.82) is 0 Å². The molecule has 0 bridgehead atoms. The van der Waals surface area contributed by atoms with Crippen molar-refractivity contribution >= 4 is 11.6 Å². The van der Waals surface area contributed by atoms with Crippen LogP contribution in [0.5, 0.6) is 0 Å². The zero-order chi connectivity index (χ0) is 16.8. The van der Waals surface area contributed by atoms with E-state index in [1.165, 1.54) is 12.1 Å². The molecule has 0 aliphatic rings. The summed E-state index contributed by atoms with van der Waals surface area (Å²) in [6, 6.07) is 11.1. The molecule has 0 heterocycles. The van der Waals surface area contributed by atoms with Crippen molar-refractivity contribution in [1.82, 2.24) is 4.90 Å². The van der Waals surface area contributed by atoms with Crippen molar-refractivity contribution in [2.45, 2.75) is 19.9 Å². The topological polar surface area (TPSA) is 32.3 Å². The molecular weight excluding hydrogens is 298 g/mol. The third-order valence-electron chi connectivity index (χ3n) is 3.54. The summed E-state index contributed by atoms with van der Waals surface area (Å²) in [5.41, 5.74) is 2.21. The summed E-state index contributed by atoms with van der Waals surface area (Å²) in [5.74, 6) is -1.38. The quantitative estimate of drug-likeness (QED) is 0.882. The number of hydrogen-bond donors (Lipinski definition) is 1. The van der Waals surface area contributed by atoms with Crippen molar-refractivity contribution in [3.05, 3.63) is 65.2 Å². The van der Waals surface area contributed by atoms with Gasteiger partial charge >= 0.3 is 0 Å². The van der Waals surface area contributed by atoms with E-state index in [-0.39, 0.29) is 19.0 Å². The van der Waals surface area contributed by atoms with Gasteiger partial charge < -0.3 is 5.32 Å². The molecule has 1 amide bonds. The maximum absolute atomic E-state index is 13.6. The van der Waals surface area contributed by atoms with E-state index < -0.39 is 11.6 Å². The number of carbonyl (C=O) groups is 1. The highest BCUT2D eigenvalue weighted by molar-refractivity contribution is 5.92. The first kappa shape index (κ1) is 17.1. The van der Waals surface area contributed by atoms with E-state index in [1.54, 1.807) is 11.9 Å². The molecule has 23 heavy (non-hydrogen) atoms. The van der Waals surface area contributed by atoms with Crippen molar-refractivity contribution in [2.24, 2.45) is 0 Å². The Hall–Kier alpha value is -2.27. The van der Waals surface area contributed by atoms with Crippen LogP contribution >= 0.6 is 0 Å². The van der Waals surface area contributed by atoms with Gasteiger partial charge in [-0.25, -0.2) is 8.78 Å². The molecule has 5 heteroatoms. The first-order valence-electron chi connectivity index (χ1n) is 7.49. The van der Waals surface area contributed by atoms with Crippen molar-refractivity contribution in [3.8, 4) is 0 Å². The number of likely N-dealkylation sites (N-methyl/N-ethyl adjacent to an activating group) is 1. The van der Waals surface area contributed by atoms with Gasteiger partial charge in [-0.3, -0.25) is 9.69 Å². The maximum atomic E-state index is 13.6. The van der Waals surface area contributed by atoms with Gasteiger partial charge in [0, 0.05) is 23.9 Å². The van der Waals surface area contributed by atoms with Crippen LogP contribution in [-0.2, 0) is 17.8 Å². The summed E-state index contributed by atoms with van der Waals surface area (Å²) in [5, 5.41) is 2.87. The zero-order valence-electron chi connectivity index (χ0n) is 13.3. The molecule has 2 aromatic rings. The summed E-state index contributed by atoms with van der Waals surface area (Å²) < 4.78 is 26.5. The molecule has 0 aliphatic carbocycles. The molecule has 3 nitrogen and oxygen atoms in total. The van der Waals surface area contributed by atoms with Crippen LogP contribution in [0, 0.1) is 11.6 Å². The number of nitrogens with zero attached hydrogens (tertiary/aromatic N) is 1. The second kappa shape index (κ2) is 7.83. The third-order valence-corrected chi connectivity index (χ3v) is 3.54. The molecule has 1 N–H and O–H groups in total. The first-order valence-corrected chi connectivity index (χ1v) is 7.49. The minimum atomic E-state index is -0.609. The Kier molecular flexibility index (Phi) is 5.82. The van der Waals surface area contributed by atoms with E-state index in [9.17, 15) is 13.6 Å². The average Bonchev–Trinajstić information content (AvgIpc) is 2.50. The van der Waals surface area contributed by atoms with Crippen molar-refractivity contribution in [2.75, 3.05) is 18.9 Å². The summed E-state index contributed by atoms with van der Waals surface area (Å²) in [6.07, 6.45) is 0.826. The molecular formula is C18H20F2N2O. The van der Waals surface area contributed by atoms with Gasteiger partial charge in [-0.1, -0.05) is 31.2 Å². The fourth-order valence-corrected chi connectivity index (χ4v) is 2.38. The van der Waals surface area contributed by atoms with Crippen LogP contribution in [-0.4, -0.2) is 24.4 Å². The van der Waals surface area contributed by atoms with Gasteiger partial charge in [0.2, 0.25) is 5.91 Å². The lowest BCUT2D eigenvalue weighted by molar-refractivity contribution is -0.117. The van der Waals surface area contributed by atoms with E-state index in [1.807, 2.05) is 31.2 Å². The molecule has 0 saturated heterocycles. The van der Waals surface area contributed by atoms with E-state index in [0.717, 1.165) is 23.7 Å². The fraction of sp³-hybridized carbons (Fsp3) is 0.278. The molecule has 0 saturated carbocycles. The van der Waals surface area contributed by atoms with E-state index in [2.05, 4.69) is 5.32 Å². The normalized spacial score (nSPS) is 10.8. The standard InChI is InChI=1S/C18H20F2N2O/c1-3-13-6-4-5-7-17(13)21-18(23)12-22(2)11-14-8-9-15(19)10-16(14)20/h4-10H,3,11-12H2,1-2H3,(H,21,23). The van der Waals surface area contributed by atoms with Crippen LogP contribution in [0.15, 0.2) is 42.5 Å². The lowest BCUT2D eigenvalue weighted by Gasteiger charge is -2.17. The largest absolute Gasteiger partial charge is 0.325 e. The highest BCUT2D eigenvalue weighted by Gasteiger charge is 2.11. The highest BCUT2D eigenvalue weighted by Crippen LogP contribution is 2.16. The van der Waals surface area contributed by atoms with Crippen LogP contribution in [0.25, 0.3) is 0 Å². The second-order valence-corrected chi connectivity index (χ2v) is 5.47. The van der Waals surface area contributed by atoms with Gasteiger partial charge in [-0.15, -0.1) is 0 Å². The number of carbonyl (C=O) groups excluding carboxylic acids is 1. The predicted octanol–water partition coefficient (Wildman–Crippen LogP) is 3.60. The molecule has 0 aliphatic heterocycles. The fourth-order valence-electron chi connectivity index (χ4n) is 2.38. The van der Waals surface area contributed by atoms with Crippen LogP contribution in [0.1, 0.15) is 18.1 Å². The van der Waals surface area contributed by atoms with Crippen molar-refractivity contribution < 1.29 is 13.6 Å². The van der Waals surface area contributed by atoms with Crippen LogP contribution < -0.4 is 5.32 Å². The van der Waals surface area contributed by atoms with E-state index in [4.69, 9.17) is 0 Å². The third kappa shape index (κ3) is 4.86. The van der Waals surface area contributed by atoms with Gasteiger partial charge in [-0.05, 0) is 31.2 Å². The van der Waals surface area contributed by atoms with Gasteiger partial charge in [0.05, 0.1) is 6.54 Å². The monoisotopic (exact) mass is 318 g/mol. The van der Waals surface area contributed by atoms with Gasteiger partial charge in [0.25, 0.3) is 0 Å². The molecule has 122 valence electrons. The van der Waals surface area contributed by atoms with Crippen molar-refractivity contribution in [3.63, 3.8) is 0 Å². The molecule has 0 atom stereocenters. The summed E-state index contributed by atoms with van der Waals surface area (Å²) in [6.45, 7) is 2.37. The Labute approximate surface area is 134 Å². The van der Waals surface area contributed by atoms with Crippen LogP contribution in [0.3, 0.4) is 0 Å². The number of anilines is 1. The Morgan fingerprint density at radius 1 is 1.13 bits per heavy atom. The molecule has 0 radical (unpaired) electrons. The van der Waals surface area contributed by atoms with Gasteiger partial charge in [-0.2, -0.15) is 0 Å². The number of rotatable bonds is 6. The number of amides is 1. The van der Waals surface area contributed by atoms with Crippen LogP contribution in [0.4, 0.5) is 14.5 Å². The molecule has 2 rings (SSSR count). The molecule has 0 aromatic heterocycles. The van der Waals surface area contributed by atoms with Crippen LogP contribution in [0.2, 0.25) is 0 Å². The number of hydrogen-bond acceptors (Lipinski definition) is 2. The summed E-state index contributed by atoms with van der Waals surface area (Å²) in [4.78, 5) is 13.8. The maximum Gasteiger partial charge on any atom is 0.238 e. The number of nitrogens with one attached hydrogen (secondary N) is 1. The Balaban J connectivity index is 1.94. The number of aryl methyl sites for hydroxylation is 1. The average molecular weight is 318 g/mol. The highest BCUT2D eigenvalue weighted by atomic mass is 19.1. The van der Waals surface area contributed by atoms with E-state index in [0.29, 0.717) is 5.56 Å². The second-order valence-electron chi connectivity index (χ2n) is 5.47. The van der Waals surface area contributed by atoms with E-state index >= 15 is 0 Å². The number of halogens is 2. The summed E-state index contributed by atoms with van der Waals surface area (Å²) in [7, 11) is 1.72. The SMILES string of the molecule is CCc1ccccc1NC(=O)CN(C)Cc1ccc(F)cc1F. The Bertz CT molecular complexity index is 688. The zero-order valence-corrected chi connectivity index (χ0v) is 13.3. The predicted molar refractivity (Wildman–Crippen MR) is 87.1 cm³/mol. The summed E-state index contributed by atoms with van der Waals surface area (Å²) >= 11 is 0. The first-order chi connectivity index (χ1) is 11.0. The minimum Gasteiger partial charge on any atom is -0.325 e. The smallest absolute Gasteiger partial charge is 0.238 e. The Morgan fingerprint density at radius 2 is 1.87 bits per heavy atom. The van der Waals surface area contributed by atoms with Gasteiger partial charge in [0.15, 0.2) is 0 Å². The molecule has 2 aromatic carbocycles. The number of benzene rings is 2. The molecule has 0 unspecified atom stereocenters. The lowest BCUT2D eigenvalue weighted by atomic mass is 10.1.